The summed E-state index contributed by atoms with van der Waals surface area (Å²) in [5.74, 6) is 0.935. The second-order valence-electron chi connectivity index (χ2n) is 5.50. The Kier molecular flexibility index (Phi) is 3.51. The van der Waals surface area contributed by atoms with Crippen LogP contribution in [0.4, 0.5) is 11.8 Å². The van der Waals surface area contributed by atoms with Crippen molar-refractivity contribution in [3.63, 3.8) is 0 Å². The van der Waals surface area contributed by atoms with Crippen LogP contribution in [0.1, 0.15) is 12.8 Å². The van der Waals surface area contributed by atoms with Gasteiger partial charge < -0.3 is 15.8 Å². The number of nitrogens with two attached hydrogens (primary N) is 1. The Labute approximate surface area is 132 Å². The number of hydrogen-bond acceptors (Lipinski definition) is 7. The third kappa shape index (κ3) is 2.80. The van der Waals surface area contributed by atoms with Crippen LogP contribution < -0.4 is 11.1 Å². The van der Waals surface area contributed by atoms with E-state index >= 15 is 0 Å². The van der Waals surface area contributed by atoms with E-state index in [4.69, 9.17) is 10.5 Å². The highest BCUT2D eigenvalue weighted by molar-refractivity contribution is 5.88. The lowest BCUT2D eigenvalue weighted by Gasteiger charge is -2.24. The normalized spacial score (nSPS) is 15.8. The molecule has 1 aliphatic rings. The lowest BCUT2D eigenvalue weighted by atomic mass is 10.1. The standard InChI is InChI=1S/C15H17N7O/c16-15-20-13(18-9-4-7-23-8-5-9)10-1-2-11(19-14(10)21-15)12-3-6-17-22-12/h1-3,6,9H,4-5,7-8H2,(H,17,22)(H3,16,18,19,20,21). The Morgan fingerprint density at radius 3 is 2.78 bits per heavy atom. The summed E-state index contributed by atoms with van der Waals surface area (Å²) in [6, 6.07) is 6.07. The van der Waals surface area contributed by atoms with Crippen molar-refractivity contribution in [2.45, 2.75) is 18.9 Å². The number of H-pyrrole nitrogens is 1. The molecular formula is C15H17N7O. The van der Waals surface area contributed by atoms with E-state index in [-0.39, 0.29) is 5.95 Å². The molecular weight excluding hydrogens is 294 g/mol. The van der Waals surface area contributed by atoms with Gasteiger partial charge in [-0.25, -0.2) is 4.98 Å². The fourth-order valence-corrected chi connectivity index (χ4v) is 2.72. The summed E-state index contributed by atoms with van der Waals surface area (Å²) in [6.45, 7) is 1.52. The quantitative estimate of drug-likeness (QED) is 0.672. The smallest absolute Gasteiger partial charge is 0.224 e. The van der Waals surface area contributed by atoms with Gasteiger partial charge in [0, 0.05) is 25.5 Å². The summed E-state index contributed by atoms with van der Waals surface area (Å²) >= 11 is 0. The number of aromatic nitrogens is 5. The number of rotatable bonds is 3. The van der Waals surface area contributed by atoms with Gasteiger partial charge in [-0.1, -0.05) is 0 Å². The molecule has 4 rings (SSSR count). The summed E-state index contributed by atoms with van der Waals surface area (Å²) in [6.07, 6.45) is 3.59. The van der Waals surface area contributed by atoms with E-state index in [1.54, 1.807) is 6.20 Å². The van der Waals surface area contributed by atoms with Crippen LogP contribution in [-0.2, 0) is 4.74 Å². The predicted octanol–water partition coefficient (Wildman–Crippen LogP) is 1.59. The van der Waals surface area contributed by atoms with E-state index in [1.165, 1.54) is 0 Å². The number of nitrogens with one attached hydrogen (secondary N) is 2. The molecule has 1 fully saturated rings. The van der Waals surface area contributed by atoms with Crippen LogP contribution in [-0.4, -0.2) is 44.4 Å². The van der Waals surface area contributed by atoms with Crippen molar-refractivity contribution in [3.8, 4) is 11.4 Å². The maximum Gasteiger partial charge on any atom is 0.224 e. The fourth-order valence-electron chi connectivity index (χ4n) is 2.72. The Morgan fingerprint density at radius 2 is 2.00 bits per heavy atom. The topological polar surface area (TPSA) is 115 Å². The number of nitrogen functional groups attached to an aromatic ring is 1. The maximum absolute atomic E-state index is 5.85. The van der Waals surface area contributed by atoms with Crippen molar-refractivity contribution in [3.05, 3.63) is 24.4 Å². The van der Waals surface area contributed by atoms with E-state index in [9.17, 15) is 0 Å². The molecule has 0 amide bonds. The highest BCUT2D eigenvalue weighted by atomic mass is 16.5. The van der Waals surface area contributed by atoms with Crippen molar-refractivity contribution in [2.24, 2.45) is 0 Å². The summed E-state index contributed by atoms with van der Waals surface area (Å²) in [5, 5.41) is 11.1. The molecule has 0 bridgehead atoms. The molecule has 8 heteroatoms. The molecule has 0 aromatic carbocycles. The molecule has 0 saturated carbocycles. The highest BCUT2D eigenvalue weighted by Gasteiger charge is 2.17. The SMILES string of the molecule is Nc1nc(NC2CCOCC2)c2ccc(-c3ccn[nH]3)nc2n1. The van der Waals surface area contributed by atoms with Gasteiger partial charge >= 0.3 is 0 Å². The largest absolute Gasteiger partial charge is 0.381 e. The highest BCUT2D eigenvalue weighted by Crippen LogP contribution is 2.25. The van der Waals surface area contributed by atoms with E-state index in [2.05, 4.69) is 30.5 Å². The number of fused-ring (bicyclic) bond motifs is 1. The van der Waals surface area contributed by atoms with Crippen LogP contribution in [0.3, 0.4) is 0 Å². The second-order valence-corrected chi connectivity index (χ2v) is 5.50. The van der Waals surface area contributed by atoms with Crippen molar-refractivity contribution in [1.82, 2.24) is 25.1 Å². The molecule has 1 saturated heterocycles. The van der Waals surface area contributed by atoms with Crippen LogP contribution in [0.15, 0.2) is 24.4 Å². The first-order chi connectivity index (χ1) is 11.3. The second kappa shape index (κ2) is 5.81. The van der Waals surface area contributed by atoms with Gasteiger partial charge in [0.1, 0.15) is 5.82 Å². The molecule has 23 heavy (non-hydrogen) atoms. The lowest BCUT2D eigenvalue weighted by Crippen LogP contribution is -2.28. The van der Waals surface area contributed by atoms with Crippen molar-refractivity contribution < 1.29 is 4.74 Å². The van der Waals surface area contributed by atoms with E-state index < -0.39 is 0 Å². The zero-order valence-electron chi connectivity index (χ0n) is 12.5. The number of aromatic amines is 1. The van der Waals surface area contributed by atoms with Crippen molar-refractivity contribution in [1.29, 1.82) is 0 Å². The minimum absolute atomic E-state index is 0.210. The van der Waals surface area contributed by atoms with Gasteiger partial charge in [-0.15, -0.1) is 0 Å². The Balaban J connectivity index is 1.72. The number of hydrogen-bond donors (Lipinski definition) is 3. The summed E-state index contributed by atoms with van der Waals surface area (Å²) < 4.78 is 5.39. The summed E-state index contributed by atoms with van der Waals surface area (Å²) in [4.78, 5) is 13.2. The van der Waals surface area contributed by atoms with Crippen LogP contribution in [0.25, 0.3) is 22.4 Å². The molecule has 8 nitrogen and oxygen atoms in total. The fraction of sp³-hybridized carbons (Fsp3) is 0.333. The van der Waals surface area contributed by atoms with Crippen LogP contribution in [0.2, 0.25) is 0 Å². The molecule has 118 valence electrons. The monoisotopic (exact) mass is 311 g/mol. The van der Waals surface area contributed by atoms with E-state index in [0.717, 1.165) is 48.6 Å². The summed E-state index contributed by atoms with van der Waals surface area (Å²) in [5.41, 5.74) is 8.02. The molecule has 0 spiro atoms. The van der Waals surface area contributed by atoms with E-state index in [1.807, 2.05) is 18.2 Å². The number of nitrogens with zero attached hydrogens (tertiary/aromatic N) is 4. The predicted molar refractivity (Wildman–Crippen MR) is 86.8 cm³/mol. The van der Waals surface area contributed by atoms with Gasteiger partial charge in [0.05, 0.1) is 16.8 Å². The van der Waals surface area contributed by atoms with Gasteiger partial charge in [-0.2, -0.15) is 15.1 Å². The Morgan fingerprint density at radius 1 is 1.13 bits per heavy atom. The van der Waals surface area contributed by atoms with E-state index in [0.29, 0.717) is 11.7 Å². The molecule has 0 radical (unpaired) electrons. The molecule has 3 aromatic heterocycles. The first-order valence-electron chi connectivity index (χ1n) is 7.58. The minimum Gasteiger partial charge on any atom is -0.381 e. The minimum atomic E-state index is 0.210. The van der Waals surface area contributed by atoms with Crippen LogP contribution in [0, 0.1) is 0 Å². The first-order valence-corrected chi connectivity index (χ1v) is 7.58. The zero-order valence-corrected chi connectivity index (χ0v) is 12.5. The van der Waals surface area contributed by atoms with Crippen molar-refractivity contribution >= 4 is 22.8 Å². The van der Waals surface area contributed by atoms with Crippen LogP contribution >= 0.6 is 0 Å². The average molecular weight is 311 g/mol. The summed E-state index contributed by atoms with van der Waals surface area (Å²) in [7, 11) is 0. The van der Waals surface area contributed by atoms with Gasteiger partial charge in [0.15, 0.2) is 5.65 Å². The molecule has 4 heterocycles. The molecule has 0 atom stereocenters. The maximum atomic E-state index is 5.85. The van der Waals surface area contributed by atoms with Crippen LogP contribution in [0.5, 0.6) is 0 Å². The number of anilines is 2. The van der Waals surface area contributed by atoms with Gasteiger partial charge in [0.2, 0.25) is 5.95 Å². The Hall–Kier alpha value is -2.74. The number of ether oxygens (including phenoxy) is 1. The molecule has 0 unspecified atom stereocenters. The molecule has 3 aromatic rings. The van der Waals surface area contributed by atoms with Gasteiger partial charge in [-0.05, 0) is 31.0 Å². The average Bonchev–Trinajstić information content (AvgIpc) is 3.09. The Bertz CT molecular complexity index is 812. The molecule has 1 aliphatic heterocycles. The van der Waals surface area contributed by atoms with Crippen molar-refractivity contribution in [2.75, 3.05) is 24.3 Å². The third-order valence-corrected chi connectivity index (χ3v) is 3.92. The number of pyridine rings is 1. The zero-order chi connectivity index (χ0) is 15.6. The molecule has 0 aliphatic carbocycles. The van der Waals surface area contributed by atoms with Gasteiger partial charge in [-0.3, -0.25) is 5.10 Å². The molecule has 4 N–H and O–H groups in total. The van der Waals surface area contributed by atoms with Gasteiger partial charge in [0.25, 0.3) is 0 Å². The lowest BCUT2D eigenvalue weighted by molar-refractivity contribution is 0.0904. The first kappa shape index (κ1) is 13.9. The third-order valence-electron chi connectivity index (χ3n) is 3.92.